The zero-order valence-electron chi connectivity index (χ0n) is 11.9. The lowest BCUT2D eigenvalue weighted by atomic mass is 10.0. The molecule has 0 amide bonds. The Balaban J connectivity index is 1.37. The summed E-state index contributed by atoms with van der Waals surface area (Å²) in [6.07, 6.45) is 6.30. The minimum Gasteiger partial charge on any atom is -0.489 e. The van der Waals surface area contributed by atoms with Gasteiger partial charge in [0.1, 0.15) is 12.4 Å². The molecule has 0 spiro atoms. The minimum atomic E-state index is 0.579. The summed E-state index contributed by atoms with van der Waals surface area (Å²) < 4.78 is 5.73. The quantitative estimate of drug-likeness (QED) is 0.799. The standard InChI is InChI=1S/C18H23NO/c1-2-9-20-15-6-4-3-5-14(15)11-19-18-16-12-7-8-13(10-12)17(16)18/h2-6,12-13,16-19H,1,7-11H2. The highest BCUT2D eigenvalue weighted by molar-refractivity contribution is 5.33. The number of benzene rings is 1. The van der Waals surface area contributed by atoms with Crippen LogP contribution in [0, 0.1) is 23.7 Å². The summed E-state index contributed by atoms with van der Waals surface area (Å²) >= 11 is 0. The largest absolute Gasteiger partial charge is 0.489 e. The van der Waals surface area contributed by atoms with Crippen LogP contribution in [-0.2, 0) is 6.54 Å². The van der Waals surface area contributed by atoms with Crippen LogP contribution in [-0.4, -0.2) is 12.6 Å². The minimum absolute atomic E-state index is 0.579. The van der Waals surface area contributed by atoms with Gasteiger partial charge in [-0.1, -0.05) is 30.9 Å². The van der Waals surface area contributed by atoms with Gasteiger partial charge in [-0.2, -0.15) is 0 Å². The predicted molar refractivity (Wildman–Crippen MR) is 80.6 cm³/mol. The number of hydrogen-bond donors (Lipinski definition) is 1. The average Bonchev–Trinajstić information content (AvgIpc) is 2.87. The van der Waals surface area contributed by atoms with Gasteiger partial charge < -0.3 is 10.1 Å². The molecular weight excluding hydrogens is 246 g/mol. The Bertz CT molecular complexity index is 496. The van der Waals surface area contributed by atoms with Gasteiger partial charge in [0.15, 0.2) is 0 Å². The molecule has 2 nitrogen and oxygen atoms in total. The van der Waals surface area contributed by atoms with E-state index in [4.69, 9.17) is 4.74 Å². The Morgan fingerprint density at radius 3 is 2.70 bits per heavy atom. The highest BCUT2D eigenvalue weighted by Gasteiger charge is 2.64. The van der Waals surface area contributed by atoms with E-state index in [2.05, 4.69) is 30.1 Å². The number of hydrogen-bond acceptors (Lipinski definition) is 2. The number of para-hydroxylation sites is 1. The smallest absolute Gasteiger partial charge is 0.124 e. The van der Waals surface area contributed by atoms with Gasteiger partial charge in [0.2, 0.25) is 0 Å². The molecule has 0 aliphatic heterocycles. The number of ether oxygens (including phenoxy) is 1. The lowest BCUT2D eigenvalue weighted by Crippen LogP contribution is -2.22. The second-order valence-corrected chi connectivity index (χ2v) is 6.60. The molecule has 2 bridgehead atoms. The van der Waals surface area contributed by atoms with Gasteiger partial charge in [0, 0.05) is 18.2 Å². The van der Waals surface area contributed by atoms with Crippen LogP contribution < -0.4 is 10.1 Å². The van der Waals surface area contributed by atoms with Gasteiger partial charge in [-0.05, 0) is 49.0 Å². The van der Waals surface area contributed by atoms with Crippen LogP contribution in [0.15, 0.2) is 36.9 Å². The first-order valence-corrected chi connectivity index (χ1v) is 7.93. The Hall–Kier alpha value is -1.28. The molecule has 106 valence electrons. The van der Waals surface area contributed by atoms with Crippen LogP contribution in [0.2, 0.25) is 0 Å². The molecule has 4 rings (SSSR count). The number of fused-ring (bicyclic) bond motifs is 5. The molecule has 3 saturated carbocycles. The van der Waals surface area contributed by atoms with Crippen molar-refractivity contribution in [1.29, 1.82) is 0 Å². The third kappa shape index (κ3) is 1.98. The molecule has 0 aromatic heterocycles. The SMILES string of the molecule is C=CCOc1ccccc1CNC1C2C3CCC(C3)C12. The van der Waals surface area contributed by atoms with Crippen LogP contribution in [0.3, 0.4) is 0 Å². The summed E-state index contributed by atoms with van der Waals surface area (Å²) in [5, 5.41) is 3.79. The normalized spacial score (nSPS) is 36.7. The maximum absolute atomic E-state index is 5.73. The van der Waals surface area contributed by atoms with Crippen molar-refractivity contribution in [2.24, 2.45) is 23.7 Å². The Morgan fingerprint density at radius 1 is 1.20 bits per heavy atom. The molecule has 0 saturated heterocycles. The van der Waals surface area contributed by atoms with E-state index in [1.54, 1.807) is 6.08 Å². The first-order chi connectivity index (χ1) is 9.88. The van der Waals surface area contributed by atoms with Gasteiger partial charge in [-0.25, -0.2) is 0 Å². The van der Waals surface area contributed by atoms with Crippen LogP contribution in [0.1, 0.15) is 24.8 Å². The average molecular weight is 269 g/mol. The van der Waals surface area contributed by atoms with Crippen molar-refractivity contribution in [2.45, 2.75) is 31.8 Å². The number of rotatable bonds is 6. The first-order valence-electron chi connectivity index (χ1n) is 7.93. The number of nitrogens with one attached hydrogen (secondary N) is 1. The van der Waals surface area contributed by atoms with E-state index in [0.717, 1.165) is 42.0 Å². The van der Waals surface area contributed by atoms with Gasteiger partial charge in [-0.15, -0.1) is 0 Å². The van der Waals surface area contributed by atoms with Crippen molar-refractivity contribution in [1.82, 2.24) is 5.32 Å². The van der Waals surface area contributed by atoms with E-state index in [1.807, 2.05) is 6.07 Å². The van der Waals surface area contributed by atoms with Crippen molar-refractivity contribution in [2.75, 3.05) is 6.61 Å². The fourth-order valence-corrected chi connectivity index (χ4v) is 4.77. The van der Waals surface area contributed by atoms with E-state index in [-0.39, 0.29) is 0 Å². The maximum Gasteiger partial charge on any atom is 0.124 e. The Morgan fingerprint density at radius 2 is 1.95 bits per heavy atom. The van der Waals surface area contributed by atoms with E-state index in [1.165, 1.54) is 24.8 Å². The molecule has 3 fully saturated rings. The highest BCUT2D eigenvalue weighted by Crippen LogP contribution is 2.65. The van der Waals surface area contributed by atoms with Crippen LogP contribution in [0.25, 0.3) is 0 Å². The van der Waals surface area contributed by atoms with E-state index >= 15 is 0 Å². The van der Waals surface area contributed by atoms with Crippen LogP contribution >= 0.6 is 0 Å². The third-order valence-corrected chi connectivity index (χ3v) is 5.59. The fourth-order valence-electron chi connectivity index (χ4n) is 4.77. The predicted octanol–water partition coefficient (Wildman–Crippen LogP) is 3.39. The molecule has 20 heavy (non-hydrogen) atoms. The van der Waals surface area contributed by atoms with Gasteiger partial charge in [0.25, 0.3) is 0 Å². The second-order valence-electron chi connectivity index (χ2n) is 6.60. The highest BCUT2D eigenvalue weighted by atomic mass is 16.5. The molecule has 1 N–H and O–H groups in total. The second kappa shape index (κ2) is 4.92. The van der Waals surface area contributed by atoms with Crippen molar-refractivity contribution >= 4 is 0 Å². The topological polar surface area (TPSA) is 21.3 Å². The molecule has 4 unspecified atom stereocenters. The molecule has 0 radical (unpaired) electrons. The molecule has 2 heteroatoms. The molecule has 0 heterocycles. The van der Waals surface area contributed by atoms with Gasteiger partial charge >= 0.3 is 0 Å². The Kier molecular flexibility index (Phi) is 3.07. The first kappa shape index (κ1) is 12.5. The van der Waals surface area contributed by atoms with Gasteiger partial charge in [0.05, 0.1) is 0 Å². The summed E-state index contributed by atoms with van der Waals surface area (Å²) in [6.45, 7) is 5.23. The maximum atomic E-state index is 5.73. The van der Waals surface area contributed by atoms with Crippen molar-refractivity contribution < 1.29 is 4.74 Å². The summed E-state index contributed by atoms with van der Waals surface area (Å²) in [4.78, 5) is 0. The molecule has 3 aliphatic carbocycles. The summed E-state index contributed by atoms with van der Waals surface area (Å²) in [5.41, 5.74) is 1.27. The third-order valence-electron chi connectivity index (χ3n) is 5.59. The molecule has 1 aromatic rings. The lowest BCUT2D eigenvalue weighted by molar-refractivity contribution is 0.356. The molecular formula is C18H23NO. The Labute approximate surface area is 121 Å². The van der Waals surface area contributed by atoms with E-state index in [9.17, 15) is 0 Å². The van der Waals surface area contributed by atoms with E-state index < -0.39 is 0 Å². The fraction of sp³-hybridized carbons (Fsp3) is 0.556. The summed E-state index contributed by atoms with van der Waals surface area (Å²) in [5.74, 6) is 5.06. The lowest BCUT2D eigenvalue weighted by Gasteiger charge is -2.13. The molecule has 3 aliphatic rings. The molecule has 4 atom stereocenters. The van der Waals surface area contributed by atoms with Crippen molar-refractivity contribution in [3.63, 3.8) is 0 Å². The van der Waals surface area contributed by atoms with Crippen LogP contribution in [0.4, 0.5) is 0 Å². The van der Waals surface area contributed by atoms with Crippen molar-refractivity contribution in [3.05, 3.63) is 42.5 Å². The summed E-state index contributed by atoms with van der Waals surface area (Å²) in [7, 11) is 0. The molecule has 1 aromatic carbocycles. The zero-order chi connectivity index (χ0) is 13.5. The van der Waals surface area contributed by atoms with Crippen LogP contribution in [0.5, 0.6) is 5.75 Å². The van der Waals surface area contributed by atoms with Crippen molar-refractivity contribution in [3.8, 4) is 5.75 Å². The van der Waals surface area contributed by atoms with Gasteiger partial charge in [-0.3, -0.25) is 0 Å². The monoisotopic (exact) mass is 269 g/mol. The summed E-state index contributed by atoms with van der Waals surface area (Å²) in [6, 6.07) is 9.13. The van der Waals surface area contributed by atoms with E-state index in [0.29, 0.717) is 6.61 Å². The zero-order valence-corrected chi connectivity index (χ0v) is 11.9.